The van der Waals surface area contributed by atoms with Gasteiger partial charge in [-0.3, -0.25) is 0 Å². The third-order valence-corrected chi connectivity index (χ3v) is 2.89. The molecule has 0 bridgehead atoms. The minimum atomic E-state index is -1.03. The normalized spacial score (nSPS) is 12.7. The summed E-state index contributed by atoms with van der Waals surface area (Å²) >= 11 is 23.1. The van der Waals surface area contributed by atoms with Crippen molar-refractivity contribution in [1.82, 2.24) is 0 Å². The van der Waals surface area contributed by atoms with E-state index >= 15 is 0 Å². The molecular weight excluding hydrogens is 270 g/mol. The van der Waals surface area contributed by atoms with Gasteiger partial charge >= 0.3 is 0 Å². The molecule has 78 valence electrons. The van der Waals surface area contributed by atoms with Crippen LogP contribution in [0.1, 0.15) is 6.92 Å². The van der Waals surface area contributed by atoms with E-state index in [1.165, 1.54) is 13.0 Å². The molecule has 0 aliphatic heterocycles. The Morgan fingerprint density at radius 2 is 1.71 bits per heavy atom. The highest BCUT2D eigenvalue weighted by molar-refractivity contribution is 6.50. The number of rotatable bonds is 2. The lowest BCUT2D eigenvalue weighted by Crippen LogP contribution is -2.10. The summed E-state index contributed by atoms with van der Waals surface area (Å²) in [5.41, 5.74) is 0. The van der Waals surface area contributed by atoms with Gasteiger partial charge in [0.25, 0.3) is 0 Å². The zero-order chi connectivity index (χ0) is 10.9. The van der Waals surface area contributed by atoms with E-state index in [-0.39, 0.29) is 25.8 Å². The van der Waals surface area contributed by atoms with E-state index in [1.54, 1.807) is 0 Å². The lowest BCUT2D eigenvalue weighted by Gasteiger charge is -2.13. The molecule has 0 aliphatic carbocycles. The number of halogens is 4. The van der Waals surface area contributed by atoms with Gasteiger partial charge < -0.3 is 9.84 Å². The first-order valence-electron chi connectivity index (χ1n) is 3.61. The first-order valence-corrected chi connectivity index (χ1v) is 5.12. The summed E-state index contributed by atoms with van der Waals surface area (Å²) in [4.78, 5) is 0. The Hall–Kier alpha value is 0.140. The van der Waals surface area contributed by atoms with Crippen LogP contribution in [0.2, 0.25) is 20.1 Å². The van der Waals surface area contributed by atoms with Crippen LogP contribution in [0.15, 0.2) is 6.07 Å². The van der Waals surface area contributed by atoms with Gasteiger partial charge in [0.1, 0.15) is 5.02 Å². The van der Waals surface area contributed by atoms with Gasteiger partial charge in [-0.05, 0) is 13.0 Å². The number of benzene rings is 1. The van der Waals surface area contributed by atoms with Crippen molar-refractivity contribution >= 4 is 46.4 Å². The molecule has 2 nitrogen and oxygen atoms in total. The van der Waals surface area contributed by atoms with Gasteiger partial charge in [-0.15, -0.1) is 0 Å². The third kappa shape index (κ3) is 2.59. The summed E-state index contributed by atoms with van der Waals surface area (Å²) in [6.07, 6.45) is -1.03. The highest BCUT2D eigenvalue weighted by atomic mass is 35.5. The van der Waals surface area contributed by atoms with Crippen molar-refractivity contribution in [3.05, 3.63) is 26.2 Å². The molecule has 0 heterocycles. The van der Waals surface area contributed by atoms with Crippen LogP contribution in [0, 0.1) is 0 Å². The number of ether oxygens (including phenoxy) is 1. The predicted molar refractivity (Wildman–Crippen MR) is 58.8 cm³/mol. The molecule has 1 aromatic carbocycles. The first kappa shape index (κ1) is 12.2. The second kappa shape index (κ2) is 4.77. The summed E-state index contributed by atoms with van der Waals surface area (Å²) in [7, 11) is 0. The fourth-order valence-corrected chi connectivity index (χ4v) is 1.82. The van der Waals surface area contributed by atoms with Gasteiger partial charge in [0.2, 0.25) is 0 Å². The molecule has 1 rings (SSSR count). The van der Waals surface area contributed by atoms with E-state index in [2.05, 4.69) is 0 Å². The summed E-state index contributed by atoms with van der Waals surface area (Å²) < 4.78 is 4.96. The molecule has 1 unspecified atom stereocenters. The van der Waals surface area contributed by atoms with E-state index in [1.807, 2.05) is 0 Å². The van der Waals surface area contributed by atoms with Crippen LogP contribution in [-0.4, -0.2) is 11.4 Å². The Bertz CT molecular complexity index is 352. The third-order valence-electron chi connectivity index (χ3n) is 1.36. The van der Waals surface area contributed by atoms with E-state index in [0.717, 1.165) is 0 Å². The molecule has 6 heteroatoms. The molecule has 0 aromatic heterocycles. The van der Waals surface area contributed by atoms with Crippen molar-refractivity contribution < 1.29 is 9.84 Å². The van der Waals surface area contributed by atoms with Gasteiger partial charge in [0.05, 0.1) is 15.1 Å². The van der Waals surface area contributed by atoms with Crippen LogP contribution in [0.3, 0.4) is 0 Å². The second-order valence-corrected chi connectivity index (χ2v) is 4.08. The Labute approximate surface area is 101 Å². The maximum absolute atomic E-state index is 9.00. The smallest absolute Gasteiger partial charge is 0.194 e. The predicted octanol–water partition coefficient (Wildman–Crippen LogP) is 4.02. The second-order valence-electron chi connectivity index (χ2n) is 2.51. The SMILES string of the molecule is CC(O)Oc1c(Cl)cc(Cl)c(Cl)c1Cl. The molecule has 1 atom stereocenters. The molecule has 1 N–H and O–H groups in total. The Balaban J connectivity index is 3.22. The fourth-order valence-electron chi connectivity index (χ4n) is 0.828. The summed E-state index contributed by atoms with van der Waals surface area (Å²) in [5, 5.41) is 9.67. The molecule has 14 heavy (non-hydrogen) atoms. The molecular formula is C8H6Cl4O2. The standard InChI is InChI=1S/C8H6Cl4O2/c1-3(13)14-8-5(10)2-4(9)6(11)7(8)12/h2-3,13H,1H3. The molecule has 0 saturated carbocycles. The van der Waals surface area contributed by atoms with Gasteiger partial charge in [-0.1, -0.05) is 46.4 Å². The Morgan fingerprint density at radius 1 is 1.14 bits per heavy atom. The first-order chi connectivity index (χ1) is 6.43. The van der Waals surface area contributed by atoms with Crippen LogP contribution < -0.4 is 4.74 Å². The largest absolute Gasteiger partial charge is 0.462 e. The van der Waals surface area contributed by atoms with Crippen LogP contribution in [-0.2, 0) is 0 Å². The average molecular weight is 276 g/mol. The van der Waals surface area contributed by atoms with Gasteiger partial charge in [-0.25, -0.2) is 0 Å². The summed E-state index contributed by atoms with van der Waals surface area (Å²) in [6, 6.07) is 1.40. The topological polar surface area (TPSA) is 29.5 Å². The molecule has 0 amide bonds. The minimum Gasteiger partial charge on any atom is -0.462 e. The van der Waals surface area contributed by atoms with E-state index in [9.17, 15) is 0 Å². The van der Waals surface area contributed by atoms with Crippen LogP contribution in [0.4, 0.5) is 0 Å². The zero-order valence-electron chi connectivity index (χ0n) is 7.02. The lowest BCUT2D eigenvalue weighted by molar-refractivity contribution is -0.000145. The van der Waals surface area contributed by atoms with Crippen molar-refractivity contribution in [1.29, 1.82) is 0 Å². The molecule has 0 radical (unpaired) electrons. The minimum absolute atomic E-state index is 0.0880. The zero-order valence-corrected chi connectivity index (χ0v) is 10.0. The summed E-state index contributed by atoms with van der Waals surface area (Å²) in [5.74, 6) is 0.123. The lowest BCUT2D eigenvalue weighted by atomic mass is 10.3. The highest BCUT2D eigenvalue weighted by Gasteiger charge is 2.16. The fraction of sp³-hybridized carbons (Fsp3) is 0.250. The van der Waals surface area contributed by atoms with Crippen molar-refractivity contribution in [2.75, 3.05) is 0 Å². The van der Waals surface area contributed by atoms with Gasteiger partial charge in [-0.2, -0.15) is 0 Å². The maximum atomic E-state index is 9.00. The number of hydrogen-bond donors (Lipinski definition) is 1. The molecule has 1 aromatic rings. The van der Waals surface area contributed by atoms with E-state index < -0.39 is 6.29 Å². The molecule has 0 spiro atoms. The molecule has 0 saturated heterocycles. The Kier molecular flexibility index (Phi) is 4.16. The quantitative estimate of drug-likeness (QED) is 0.502. The van der Waals surface area contributed by atoms with Crippen molar-refractivity contribution in [3.8, 4) is 5.75 Å². The van der Waals surface area contributed by atoms with Gasteiger partial charge in [0.15, 0.2) is 12.0 Å². The van der Waals surface area contributed by atoms with Crippen molar-refractivity contribution in [3.63, 3.8) is 0 Å². The summed E-state index contributed by atoms with van der Waals surface area (Å²) in [6.45, 7) is 1.43. The highest BCUT2D eigenvalue weighted by Crippen LogP contribution is 2.42. The number of aliphatic hydroxyl groups is 1. The van der Waals surface area contributed by atoms with Crippen molar-refractivity contribution in [2.24, 2.45) is 0 Å². The van der Waals surface area contributed by atoms with Crippen LogP contribution in [0.5, 0.6) is 5.75 Å². The molecule has 0 aliphatic rings. The van der Waals surface area contributed by atoms with Crippen LogP contribution in [0.25, 0.3) is 0 Å². The van der Waals surface area contributed by atoms with E-state index in [0.29, 0.717) is 0 Å². The molecule has 0 fully saturated rings. The number of hydrogen-bond acceptors (Lipinski definition) is 2. The van der Waals surface area contributed by atoms with Crippen molar-refractivity contribution in [2.45, 2.75) is 13.2 Å². The van der Waals surface area contributed by atoms with Crippen LogP contribution >= 0.6 is 46.4 Å². The average Bonchev–Trinajstić information content (AvgIpc) is 2.09. The maximum Gasteiger partial charge on any atom is 0.194 e. The van der Waals surface area contributed by atoms with E-state index in [4.69, 9.17) is 56.2 Å². The monoisotopic (exact) mass is 274 g/mol. The Morgan fingerprint density at radius 3 is 2.21 bits per heavy atom. The number of aliphatic hydroxyl groups excluding tert-OH is 1. The van der Waals surface area contributed by atoms with Gasteiger partial charge in [0, 0.05) is 0 Å².